The van der Waals surface area contributed by atoms with Crippen molar-refractivity contribution in [1.29, 1.82) is 0 Å². The summed E-state index contributed by atoms with van der Waals surface area (Å²) in [4.78, 5) is 16.5. The van der Waals surface area contributed by atoms with Crippen molar-refractivity contribution in [2.45, 2.75) is 39.7 Å². The topological polar surface area (TPSA) is 48.4 Å². The van der Waals surface area contributed by atoms with Gasteiger partial charge in [0.25, 0.3) is 0 Å². The number of esters is 1. The largest absolute Gasteiger partial charge is 0.465 e. The summed E-state index contributed by atoms with van der Waals surface area (Å²) in [6.45, 7) is 8.43. The van der Waals surface area contributed by atoms with Gasteiger partial charge >= 0.3 is 5.97 Å². The Kier molecular flexibility index (Phi) is 4.65. The lowest BCUT2D eigenvalue weighted by molar-refractivity contribution is -0.0325. The van der Waals surface area contributed by atoms with Crippen LogP contribution in [0.5, 0.6) is 0 Å². The molecule has 0 aliphatic heterocycles. The van der Waals surface area contributed by atoms with Crippen LogP contribution in [0.25, 0.3) is 0 Å². The highest BCUT2D eigenvalue weighted by Crippen LogP contribution is 2.33. The van der Waals surface area contributed by atoms with E-state index in [9.17, 15) is 4.79 Å². The molecule has 0 saturated carbocycles. The fourth-order valence-corrected chi connectivity index (χ4v) is 2.69. The van der Waals surface area contributed by atoms with Crippen molar-refractivity contribution in [3.05, 3.63) is 15.6 Å². The molecular formula is C12H19NO3S. The molecule has 0 amide bonds. The molecule has 0 spiro atoms. The average Bonchev–Trinajstić information content (AvgIpc) is 2.71. The third-order valence-electron chi connectivity index (χ3n) is 2.76. The summed E-state index contributed by atoms with van der Waals surface area (Å²) in [7, 11) is 1.38. The van der Waals surface area contributed by atoms with E-state index in [0.29, 0.717) is 17.2 Å². The van der Waals surface area contributed by atoms with E-state index >= 15 is 0 Å². The minimum atomic E-state index is -0.420. The second-order valence-corrected chi connectivity index (χ2v) is 4.94. The molecule has 1 aromatic heterocycles. The van der Waals surface area contributed by atoms with Crippen LogP contribution in [0.15, 0.2) is 0 Å². The van der Waals surface area contributed by atoms with Crippen LogP contribution in [0.2, 0.25) is 0 Å². The minimum absolute atomic E-state index is 0.332. The second-order valence-electron chi connectivity index (χ2n) is 3.94. The molecule has 1 atom stereocenters. The van der Waals surface area contributed by atoms with E-state index in [1.807, 2.05) is 27.7 Å². The maximum absolute atomic E-state index is 11.5. The van der Waals surface area contributed by atoms with Crippen molar-refractivity contribution in [2.24, 2.45) is 0 Å². The smallest absolute Gasteiger partial charge is 0.349 e. The van der Waals surface area contributed by atoms with Crippen molar-refractivity contribution in [2.75, 3.05) is 13.7 Å². The van der Waals surface area contributed by atoms with Crippen molar-refractivity contribution >= 4 is 17.3 Å². The van der Waals surface area contributed by atoms with Gasteiger partial charge in [-0.05, 0) is 27.2 Å². The average molecular weight is 257 g/mol. The normalized spacial score (nSPS) is 14.4. The highest BCUT2D eigenvalue weighted by atomic mass is 32.1. The fourth-order valence-electron chi connectivity index (χ4n) is 1.54. The van der Waals surface area contributed by atoms with Gasteiger partial charge in [0.2, 0.25) is 0 Å². The molecule has 5 heteroatoms. The first-order chi connectivity index (χ1) is 7.98. The van der Waals surface area contributed by atoms with Crippen LogP contribution in [0, 0.1) is 6.92 Å². The first-order valence-electron chi connectivity index (χ1n) is 5.68. The molecule has 1 aromatic rings. The summed E-state index contributed by atoms with van der Waals surface area (Å²) >= 11 is 1.35. The monoisotopic (exact) mass is 257 g/mol. The summed E-state index contributed by atoms with van der Waals surface area (Å²) in [5.41, 5.74) is 0.285. The molecule has 0 saturated heterocycles. The van der Waals surface area contributed by atoms with E-state index in [4.69, 9.17) is 9.47 Å². The third-order valence-corrected chi connectivity index (χ3v) is 4.14. The van der Waals surface area contributed by atoms with Gasteiger partial charge in [-0.1, -0.05) is 6.92 Å². The van der Waals surface area contributed by atoms with E-state index in [0.717, 1.165) is 11.4 Å². The molecule has 0 aliphatic carbocycles. The van der Waals surface area contributed by atoms with Crippen LogP contribution < -0.4 is 0 Å². The summed E-state index contributed by atoms with van der Waals surface area (Å²) < 4.78 is 10.5. The Balaban J connectivity index is 3.11. The molecule has 0 N–H and O–H groups in total. The van der Waals surface area contributed by atoms with Gasteiger partial charge in [-0.25, -0.2) is 9.78 Å². The number of ether oxygens (including phenoxy) is 2. The fraction of sp³-hybridized carbons (Fsp3) is 0.667. The number of aromatic nitrogens is 1. The zero-order valence-electron chi connectivity index (χ0n) is 11.0. The summed E-state index contributed by atoms with van der Waals surface area (Å²) in [6.07, 6.45) is 0.814. The maximum Gasteiger partial charge on any atom is 0.349 e. The quantitative estimate of drug-likeness (QED) is 0.761. The van der Waals surface area contributed by atoms with Crippen LogP contribution in [-0.2, 0) is 15.1 Å². The number of hydrogen-bond acceptors (Lipinski definition) is 5. The van der Waals surface area contributed by atoms with Crippen LogP contribution in [-0.4, -0.2) is 24.7 Å². The van der Waals surface area contributed by atoms with Gasteiger partial charge in [-0.3, -0.25) is 0 Å². The Morgan fingerprint density at radius 2 is 2.12 bits per heavy atom. The third kappa shape index (κ3) is 2.84. The predicted octanol–water partition coefficient (Wildman–Crippen LogP) is 2.90. The summed E-state index contributed by atoms with van der Waals surface area (Å²) in [5.74, 6) is -0.332. The van der Waals surface area contributed by atoms with E-state index in [1.54, 1.807) is 0 Å². The minimum Gasteiger partial charge on any atom is -0.465 e. The predicted molar refractivity (Wildman–Crippen MR) is 67.5 cm³/mol. The zero-order chi connectivity index (χ0) is 13.1. The molecule has 0 bridgehead atoms. The second kappa shape index (κ2) is 5.60. The lowest BCUT2D eigenvalue weighted by atomic mass is 10.0. The number of nitrogens with zero attached hydrogens (tertiary/aromatic N) is 1. The van der Waals surface area contributed by atoms with Crippen LogP contribution in [0.1, 0.15) is 47.6 Å². The number of carbonyl (C=O) groups excluding carboxylic acids is 1. The van der Waals surface area contributed by atoms with Crippen LogP contribution >= 0.6 is 11.3 Å². The Hall–Kier alpha value is -0.940. The zero-order valence-corrected chi connectivity index (χ0v) is 11.8. The lowest BCUT2D eigenvalue weighted by Gasteiger charge is -2.25. The summed E-state index contributed by atoms with van der Waals surface area (Å²) in [6, 6.07) is 0. The molecule has 96 valence electrons. The van der Waals surface area contributed by atoms with Gasteiger partial charge in [-0.2, -0.15) is 0 Å². The van der Waals surface area contributed by atoms with E-state index in [2.05, 4.69) is 4.98 Å². The highest BCUT2D eigenvalue weighted by Gasteiger charge is 2.30. The van der Waals surface area contributed by atoms with Crippen LogP contribution in [0.3, 0.4) is 0 Å². The van der Waals surface area contributed by atoms with Crippen molar-refractivity contribution in [3.8, 4) is 0 Å². The van der Waals surface area contributed by atoms with Gasteiger partial charge in [0.1, 0.15) is 15.5 Å². The van der Waals surface area contributed by atoms with E-state index < -0.39 is 5.60 Å². The molecule has 0 radical (unpaired) electrons. The molecule has 1 rings (SSSR count). The molecule has 0 aliphatic rings. The SMILES string of the molecule is CCOC(C)(CC)c1nc(C)c(C(=O)OC)s1. The molecule has 17 heavy (non-hydrogen) atoms. The Morgan fingerprint density at radius 3 is 2.59 bits per heavy atom. The van der Waals surface area contributed by atoms with Gasteiger partial charge in [0.15, 0.2) is 0 Å². The standard InChI is InChI=1S/C12H19NO3S/c1-6-12(4,16-7-2)11-13-8(3)9(17-11)10(14)15-5/h6-7H2,1-5H3. The van der Waals surface area contributed by atoms with E-state index in [-0.39, 0.29) is 5.97 Å². The van der Waals surface area contributed by atoms with Gasteiger partial charge in [0, 0.05) is 6.61 Å². The Bertz CT molecular complexity index is 402. The molecule has 0 aromatic carbocycles. The number of methoxy groups -OCH3 is 1. The summed E-state index contributed by atoms with van der Waals surface area (Å²) in [5, 5.41) is 0.833. The van der Waals surface area contributed by atoms with Gasteiger partial charge < -0.3 is 9.47 Å². The van der Waals surface area contributed by atoms with Crippen molar-refractivity contribution < 1.29 is 14.3 Å². The van der Waals surface area contributed by atoms with Gasteiger partial charge in [0.05, 0.1) is 12.8 Å². The first-order valence-corrected chi connectivity index (χ1v) is 6.50. The molecule has 0 fully saturated rings. The van der Waals surface area contributed by atoms with E-state index in [1.165, 1.54) is 18.4 Å². The van der Waals surface area contributed by atoms with Crippen molar-refractivity contribution in [1.82, 2.24) is 4.98 Å². The molecule has 1 unspecified atom stereocenters. The van der Waals surface area contributed by atoms with Gasteiger partial charge in [-0.15, -0.1) is 11.3 Å². The Morgan fingerprint density at radius 1 is 1.47 bits per heavy atom. The number of aryl methyl sites for hydroxylation is 1. The molecule has 4 nitrogen and oxygen atoms in total. The van der Waals surface area contributed by atoms with Crippen LogP contribution in [0.4, 0.5) is 0 Å². The number of rotatable bonds is 5. The number of thiazole rings is 1. The number of hydrogen-bond donors (Lipinski definition) is 0. The first kappa shape index (κ1) is 14.1. The van der Waals surface area contributed by atoms with Crippen molar-refractivity contribution in [3.63, 3.8) is 0 Å². The maximum atomic E-state index is 11.5. The highest BCUT2D eigenvalue weighted by molar-refractivity contribution is 7.13. The molecular weight excluding hydrogens is 238 g/mol. The lowest BCUT2D eigenvalue weighted by Crippen LogP contribution is -2.24. The Labute approximate surface area is 106 Å². The molecule has 1 heterocycles. The number of carbonyl (C=O) groups is 1.